The van der Waals surface area contributed by atoms with Gasteiger partial charge in [-0.2, -0.15) is 0 Å². The van der Waals surface area contributed by atoms with Crippen LogP contribution in [0.5, 0.6) is 0 Å². The van der Waals surface area contributed by atoms with Crippen molar-refractivity contribution in [3.63, 3.8) is 0 Å². The largest absolute Gasteiger partial charge is 0.444 e. The molecule has 0 aliphatic carbocycles. The molecule has 0 aliphatic heterocycles. The van der Waals surface area contributed by atoms with Crippen LogP contribution in [0.15, 0.2) is 24.3 Å². The van der Waals surface area contributed by atoms with E-state index in [1.165, 1.54) is 0 Å². The molecule has 0 heterocycles. The van der Waals surface area contributed by atoms with E-state index in [2.05, 4.69) is 23.5 Å². The van der Waals surface area contributed by atoms with Gasteiger partial charge in [0.1, 0.15) is 17.7 Å². The van der Waals surface area contributed by atoms with Gasteiger partial charge in [-0.15, -0.1) is 6.42 Å². The normalized spacial score (nSPS) is 13.0. The highest BCUT2D eigenvalue weighted by atomic mass is 16.6. The third-order valence-corrected chi connectivity index (χ3v) is 5.87. The Morgan fingerprint density at radius 1 is 0.974 bits per heavy atom. The van der Waals surface area contributed by atoms with Crippen molar-refractivity contribution in [2.75, 3.05) is 6.54 Å². The van der Waals surface area contributed by atoms with Gasteiger partial charge in [0.05, 0.1) is 0 Å². The van der Waals surface area contributed by atoms with Gasteiger partial charge in [-0.3, -0.25) is 9.59 Å². The standard InChI is InChI=1S/C31H49N3O4/c1-10-12-13-14-15-20-34(29(36)26(21-22(3)4)33-30(37)38-31(7,8)9)27(28(35)32-23(5)6)25-18-16-24(11-2)17-19-25/h2,16-19,22-23,26-27H,10,12-15,20-21H2,1,3-9H3,(H,32,35)(H,33,37). The molecule has 0 bridgehead atoms. The average Bonchev–Trinajstić information content (AvgIpc) is 2.80. The van der Waals surface area contributed by atoms with Crippen molar-refractivity contribution in [3.05, 3.63) is 35.4 Å². The maximum Gasteiger partial charge on any atom is 0.408 e. The monoisotopic (exact) mass is 527 g/mol. The minimum absolute atomic E-state index is 0.108. The molecule has 3 amide bonds. The minimum atomic E-state index is -0.863. The summed E-state index contributed by atoms with van der Waals surface area (Å²) < 4.78 is 5.46. The molecule has 1 aromatic carbocycles. The molecule has 2 unspecified atom stereocenters. The lowest BCUT2D eigenvalue weighted by molar-refractivity contribution is -0.143. The number of carbonyl (C=O) groups excluding carboxylic acids is 3. The van der Waals surface area contributed by atoms with Gasteiger partial charge in [-0.1, -0.05) is 64.5 Å². The SMILES string of the molecule is C#Cc1ccc(C(C(=O)NC(C)C)N(CCCCCCC)C(=O)C(CC(C)C)NC(=O)OC(C)(C)C)cc1. The number of hydrogen-bond donors (Lipinski definition) is 2. The van der Waals surface area contributed by atoms with Crippen LogP contribution in [-0.4, -0.2) is 47.0 Å². The number of hydrogen-bond acceptors (Lipinski definition) is 4. The van der Waals surface area contributed by atoms with Crippen LogP contribution in [-0.2, 0) is 14.3 Å². The first-order chi connectivity index (χ1) is 17.8. The Labute approximate surface area is 230 Å². The van der Waals surface area contributed by atoms with E-state index in [0.717, 1.165) is 32.1 Å². The van der Waals surface area contributed by atoms with Crippen molar-refractivity contribution < 1.29 is 19.1 Å². The van der Waals surface area contributed by atoms with Crippen LogP contribution in [0.25, 0.3) is 0 Å². The smallest absolute Gasteiger partial charge is 0.408 e. The molecule has 0 fully saturated rings. The molecular formula is C31H49N3O4. The quantitative estimate of drug-likeness (QED) is 0.230. The summed E-state index contributed by atoms with van der Waals surface area (Å²) in [5.74, 6) is 2.16. The van der Waals surface area contributed by atoms with E-state index >= 15 is 0 Å². The molecular weight excluding hydrogens is 478 g/mol. The van der Waals surface area contributed by atoms with Crippen LogP contribution in [0, 0.1) is 18.3 Å². The third-order valence-electron chi connectivity index (χ3n) is 5.87. The van der Waals surface area contributed by atoms with Crippen LogP contribution in [0.1, 0.15) is 111 Å². The highest BCUT2D eigenvalue weighted by Gasteiger charge is 2.36. The summed E-state index contributed by atoms with van der Waals surface area (Å²) in [6.07, 6.45) is 10.3. The zero-order chi connectivity index (χ0) is 28.9. The van der Waals surface area contributed by atoms with E-state index in [1.54, 1.807) is 49.9 Å². The molecule has 0 aromatic heterocycles. The first kappa shape index (κ1) is 33.0. The summed E-state index contributed by atoms with van der Waals surface area (Å²) in [5.41, 5.74) is 0.663. The van der Waals surface area contributed by atoms with Crippen LogP contribution < -0.4 is 10.6 Å². The average molecular weight is 528 g/mol. The lowest BCUT2D eigenvalue weighted by Crippen LogP contribution is -2.54. The molecule has 0 spiro atoms. The minimum Gasteiger partial charge on any atom is -0.444 e. The maximum absolute atomic E-state index is 14.2. The van der Waals surface area contributed by atoms with Gasteiger partial charge < -0.3 is 20.3 Å². The number of rotatable bonds is 14. The van der Waals surface area contributed by atoms with Crippen LogP contribution >= 0.6 is 0 Å². The van der Waals surface area contributed by atoms with Crippen molar-refractivity contribution in [2.24, 2.45) is 5.92 Å². The number of carbonyl (C=O) groups is 3. The molecule has 38 heavy (non-hydrogen) atoms. The lowest BCUT2D eigenvalue weighted by Gasteiger charge is -2.35. The number of nitrogens with zero attached hydrogens (tertiary/aromatic N) is 1. The number of nitrogens with one attached hydrogen (secondary N) is 2. The van der Waals surface area contributed by atoms with Gasteiger partial charge in [-0.25, -0.2) is 4.79 Å². The van der Waals surface area contributed by atoms with E-state index in [9.17, 15) is 14.4 Å². The highest BCUT2D eigenvalue weighted by Crippen LogP contribution is 2.25. The first-order valence-corrected chi connectivity index (χ1v) is 14.0. The Balaban J connectivity index is 3.47. The van der Waals surface area contributed by atoms with Gasteiger partial charge in [0.15, 0.2) is 0 Å². The Morgan fingerprint density at radius 3 is 2.08 bits per heavy atom. The third kappa shape index (κ3) is 12.0. The second-order valence-electron chi connectivity index (χ2n) is 11.6. The first-order valence-electron chi connectivity index (χ1n) is 14.0. The molecule has 1 aromatic rings. The van der Waals surface area contributed by atoms with Crippen molar-refractivity contribution in [1.29, 1.82) is 0 Å². The lowest BCUT2D eigenvalue weighted by atomic mass is 9.98. The second-order valence-corrected chi connectivity index (χ2v) is 11.6. The number of terminal acetylenes is 1. The molecule has 0 saturated heterocycles. The van der Waals surface area contributed by atoms with Gasteiger partial charge in [0.2, 0.25) is 11.8 Å². The molecule has 0 saturated carbocycles. The van der Waals surface area contributed by atoms with Crippen LogP contribution in [0.2, 0.25) is 0 Å². The number of benzene rings is 1. The fourth-order valence-electron chi connectivity index (χ4n) is 4.19. The van der Waals surface area contributed by atoms with Crippen molar-refractivity contribution >= 4 is 17.9 Å². The van der Waals surface area contributed by atoms with Crippen molar-refractivity contribution in [2.45, 2.75) is 118 Å². The van der Waals surface area contributed by atoms with E-state index in [4.69, 9.17) is 11.2 Å². The zero-order valence-electron chi connectivity index (χ0n) is 24.7. The van der Waals surface area contributed by atoms with Crippen molar-refractivity contribution in [1.82, 2.24) is 15.5 Å². The van der Waals surface area contributed by atoms with Gasteiger partial charge in [0, 0.05) is 18.2 Å². The summed E-state index contributed by atoms with van der Waals surface area (Å²) in [4.78, 5) is 42.1. The molecule has 0 radical (unpaired) electrons. The Kier molecular flexibility index (Phi) is 14.0. The highest BCUT2D eigenvalue weighted by molar-refractivity contribution is 5.92. The predicted octanol–water partition coefficient (Wildman–Crippen LogP) is 5.97. The molecule has 7 heteroatoms. The summed E-state index contributed by atoms with van der Waals surface area (Å²) in [6, 6.07) is 5.35. The topological polar surface area (TPSA) is 87.7 Å². The van der Waals surface area contributed by atoms with E-state index in [1.807, 2.05) is 27.7 Å². The fraction of sp³-hybridized carbons (Fsp3) is 0.645. The van der Waals surface area contributed by atoms with Crippen LogP contribution in [0.3, 0.4) is 0 Å². The molecule has 0 aliphatic rings. The van der Waals surface area contributed by atoms with Gasteiger partial charge >= 0.3 is 6.09 Å². The van der Waals surface area contributed by atoms with Crippen LogP contribution in [0.4, 0.5) is 4.79 Å². The number of ether oxygens (including phenoxy) is 1. The fourth-order valence-corrected chi connectivity index (χ4v) is 4.19. The number of unbranched alkanes of at least 4 members (excludes halogenated alkanes) is 4. The van der Waals surface area contributed by atoms with E-state index < -0.39 is 23.8 Å². The van der Waals surface area contributed by atoms with Gasteiger partial charge in [0.25, 0.3) is 0 Å². The maximum atomic E-state index is 14.2. The molecule has 2 atom stereocenters. The zero-order valence-corrected chi connectivity index (χ0v) is 24.7. The predicted molar refractivity (Wildman–Crippen MR) is 153 cm³/mol. The second kappa shape index (κ2) is 16.1. The molecule has 2 N–H and O–H groups in total. The van der Waals surface area contributed by atoms with E-state index in [-0.39, 0.29) is 23.8 Å². The number of amides is 3. The van der Waals surface area contributed by atoms with Crippen molar-refractivity contribution in [3.8, 4) is 12.3 Å². The Hall–Kier alpha value is -3.01. The molecule has 1 rings (SSSR count). The summed E-state index contributed by atoms with van der Waals surface area (Å²) >= 11 is 0. The Bertz CT molecular complexity index is 926. The summed E-state index contributed by atoms with van der Waals surface area (Å²) in [5, 5.41) is 5.77. The molecule has 7 nitrogen and oxygen atoms in total. The van der Waals surface area contributed by atoms with E-state index in [0.29, 0.717) is 24.1 Å². The van der Waals surface area contributed by atoms with Gasteiger partial charge in [-0.05, 0) is 71.1 Å². The number of alkyl carbamates (subject to hydrolysis) is 1. The summed E-state index contributed by atoms with van der Waals surface area (Å²) in [6.45, 7) is 15.6. The summed E-state index contributed by atoms with van der Waals surface area (Å²) in [7, 11) is 0. The molecule has 212 valence electrons. The Morgan fingerprint density at radius 2 is 1.58 bits per heavy atom.